The third kappa shape index (κ3) is 5.06. The number of aryl methyl sites for hydroxylation is 1. The van der Waals surface area contributed by atoms with Gasteiger partial charge in [0.1, 0.15) is 5.01 Å². The molecule has 2 N–H and O–H groups in total. The number of thiazole rings is 1. The Morgan fingerprint density at radius 3 is 2.62 bits per heavy atom. The van der Waals surface area contributed by atoms with Gasteiger partial charge < -0.3 is 15.2 Å². The molecule has 0 fully saturated rings. The fourth-order valence-electron chi connectivity index (χ4n) is 2.46. The Hall–Kier alpha value is -1.89. The maximum Gasteiger partial charge on any atom is 0.191 e. The molecule has 2 rings (SSSR count). The van der Waals surface area contributed by atoms with E-state index in [2.05, 4.69) is 46.5 Å². The minimum absolute atomic E-state index is 0.470. The molecule has 0 aliphatic rings. The zero-order valence-corrected chi connectivity index (χ0v) is 15.7. The Morgan fingerprint density at radius 2 is 2.00 bits per heavy atom. The lowest BCUT2D eigenvalue weighted by atomic mass is 9.99. The van der Waals surface area contributed by atoms with E-state index in [0.717, 1.165) is 41.7 Å². The van der Waals surface area contributed by atoms with Crippen LogP contribution in [-0.2, 0) is 19.5 Å². The smallest absolute Gasteiger partial charge is 0.191 e. The van der Waals surface area contributed by atoms with Crippen molar-refractivity contribution >= 4 is 17.3 Å². The van der Waals surface area contributed by atoms with E-state index in [1.54, 1.807) is 18.4 Å². The van der Waals surface area contributed by atoms with Gasteiger partial charge in [-0.3, -0.25) is 4.99 Å². The molecule has 0 spiro atoms. The van der Waals surface area contributed by atoms with Gasteiger partial charge in [-0.1, -0.05) is 25.9 Å². The Balaban J connectivity index is 1.83. The summed E-state index contributed by atoms with van der Waals surface area (Å²) in [6.45, 7) is 7.72. The molecular formula is C17H27N5OS. The molecule has 2 heterocycles. The molecule has 0 aliphatic carbocycles. The van der Waals surface area contributed by atoms with Crippen molar-refractivity contribution in [3.63, 3.8) is 0 Å². The van der Waals surface area contributed by atoms with Gasteiger partial charge in [0.2, 0.25) is 0 Å². The Bertz CT molecular complexity index is 645. The molecule has 7 heteroatoms. The van der Waals surface area contributed by atoms with Crippen molar-refractivity contribution in [3.05, 3.63) is 33.6 Å². The lowest BCUT2D eigenvalue weighted by molar-refractivity contribution is 0.368. The summed E-state index contributed by atoms with van der Waals surface area (Å²) in [4.78, 5) is 9.92. The van der Waals surface area contributed by atoms with Crippen molar-refractivity contribution in [1.29, 1.82) is 0 Å². The number of aliphatic imine (C=N–C) groups is 1. The summed E-state index contributed by atoms with van der Waals surface area (Å²) in [6.07, 6.45) is 5.11. The van der Waals surface area contributed by atoms with E-state index in [1.807, 2.05) is 12.3 Å². The zero-order chi connectivity index (χ0) is 17.4. The third-order valence-electron chi connectivity index (χ3n) is 3.99. The molecule has 0 atom stereocenters. The number of nitrogens with one attached hydrogen (secondary N) is 2. The molecule has 0 amide bonds. The van der Waals surface area contributed by atoms with E-state index < -0.39 is 0 Å². The van der Waals surface area contributed by atoms with Crippen LogP contribution in [0, 0.1) is 0 Å². The zero-order valence-electron chi connectivity index (χ0n) is 14.9. The van der Waals surface area contributed by atoms with Crippen molar-refractivity contribution in [1.82, 2.24) is 20.8 Å². The topological polar surface area (TPSA) is 75.3 Å². The summed E-state index contributed by atoms with van der Waals surface area (Å²) in [7, 11) is 1.75. The Kier molecular flexibility index (Phi) is 7.24. The average Bonchev–Trinajstić information content (AvgIpc) is 3.25. The summed E-state index contributed by atoms with van der Waals surface area (Å²) >= 11 is 1.73. The Morgan fingerprint density at radius 1 is 1.25 bits per heavy atom. The standard InChI is InChI=1S/C17H27N5OS/c1-5-12(6-2)15-8-13(23-22-15)9-20-17(18-4)21-11-16-19-10-14(7-3)24-16/h8,10,12H,5-7,9,11H2,1-4H3,(H2,18,20,21). The molecule has 2 aromatic heterocycles. The highest BCUT2D eigenvalue weighted by molar-refractivity contribution is 7.11. The number of guanidine groups is 1. The minimum atomic E-state index is 0.470. The summed E-state index contributed by atoms with van der Waals surface area (Å²) in [5.74, 6) is 2.02. The lowest BCUT2D eigenvalue weighted by Gasteiger charge is -2.09. The molecular weight excluding hydrogens is 322 g/mol. The quantitative estimate of drug-likeness (QED) is 0.564. The fourth-order valence-corrected chi connectivity index (χ4v) is 3.26. The second-order valence-electron chi connectivity index (χ2n) is 5.58. The molecule has 0 aromatic carbocycles. The molecule has 0 unspecified atom stereocenters. The minimum Gasteiger partial charge on any atom is -0.359 e. The van der Waals surface area contributed by atoms with Crippen molar-refractivity contribution in [3.8, 4) is 0 Å². The SMILES string of the molecule is CCc1cnc(CNC(=NC)NCc2cc(C(CC)CC)no2)s1. The maximum atomic E-state index is 5.42. The number of hydrogen-bond donors (Lipinski definition) is 2. The second-order valence-corrected chi connectivity index (χ2v) is 6.78. The van der Waals surface area contributed by atoms with Gasteiger partial charge in [0.25, 0.3) is 0 Å². The van der Waals surface area contributed by atoms with Crippen LogP contribution in [0.4, 0.5) is 0 Å². The number of aromatic nitrogens is 2. The van der Waals surface area contributed by atoms with Gasteiger partial charge in [-0.2, -0.15) is 0 Å². The number of hydrogen-bond acceptors (Lipinski definition) is 5. The first-order chi connectivity index (χ1) is 11.7. The summed E-state index contributed by atoms with van der Waals surface area (Å²) < 4.78 is 5.42. The summed E-state index contributed by atoms with van der Waals surface area (Å²) in [5.41, 5.74) is 1.04. The predicted octanol–water partition coefficient (Wildman–Crippen LogP) is 3.46. The third-order valence-corrected chi connectivity index (χ3v) is 5.13. The molecule has 2 aromatic rings. The monoisotopic (exact) mass is 349 g/mol. The van der Waals surface area contributed by atoms with E-state index in [1.165, 1.54) is 4.88 Å². The first-order valence-corrected chi connectivity index (χ1v) is 9.35. The molecule has 24 heavy (non-hydrogen) atoms. The first-order valence-electron chi connectivity index (χ1n) is 8.53. The van der Waals surface area contributed by atoms with E-state index in [0.29, 0.717) is 19.0 Å². The molecule has 0 radical (unpaired) electrons. The van der Waals surface area contributed by atoms with Crippen molar-refractivity contribution in [2.45, 2.75) is 59.0 Å². The first kappa shape index (κ1) is 18.4. The van der Waals surface area contributed by atoms with Gasteiger partial charge in [-0.05, 0) is 19.3 Å². The van der Waals surface area contributed by atoms with Crippen LogP contribution in [0.2, 0.25) is 0 Å². The van der Waals surface area contributed by atoms with Gasteiger partial charge in [0.05, 0.1) is 18.8 Å². The second kappa shape index (κ2) is 9.42. The Labute approximate surface area is 147 Å². The van der Waals surface area contributed by atoms with Gasteiger partial charge in [-0.15, -0.1) is 11.3 Å². The van der Waals surface area contributed by atoms with Gasteiger partial charge in [0.15, 0.2) is 11.7 Å². The highest BCUT2D eigenvalue weighted by Crippen LogP contribution is 2.22. The molecule has 0 aliphatic heterocycles. The van der Waals surface area contributed by atoms with Crippen molar-refractivity contribution in [2.24, 2.45) is 4.99 Å². The molecule has 0 saturated heterocycles. The maximum absolute atomic E-state index is 5.42. The summed E-state index contributed by atoms with van der Waals surface area (Å²) in [6, 6.07) is 2.03. The van der Waals surface area contributed by atoms with Crippen LogP contribution in [0.15, 0.2) is 21.8 Å². The largest absolute Gasteiger partial charge is 0.359 e. The highest BCUT2D eigenvalue weighted by Gasteiger charge is 2.13. The molecule has 0 bridgehead atoms. The number of rotatable bonds is 8. The molecule has 6 nitrogen and oxygen atoms in total. The van der Waals surface area contributed by atoms with Gasteiger partial charge in [-0.25, -0.2) is 4.98 Å². The van der Waals surface area contributed by atoms with Crippen LogP contribution < -0.4 is 10.6 Å². The van der Waals surface area contributed by atoms with E-state index in [-0.39, 0.29) is 0 Å². The van der Waals surface area contributed by atoms with Crippen molar-refractivity contribution in [2.75, 3.05) is 7.05 Å². The van der Waals surface area contributed by atoms with Crippen molar-refractivity contribution < 1.29 is 4.52 Å². The molecule has 132 valence electrons. The van der Waals surface area contributed by atoms with Crippen LogP contribution in [0.3, 0.4) is 0 Å². The van der Waals surface area contributed by atoms with Crippen LogP contribution in [0.1, 0.15) is 60.9 Å². The van der Waals surface area contributed by atoms with E-state index >= 15 is 0 Å². The lowest BCUT2D eigenvalue weighted by Crippen LogP contribution is -2.36. The van der Waals surface area contributed by atoms with E-state index in [9.17, 15) is 0 Å². The average molecular weight is 350 g/mol. The predicted molar refractivity (Wildman–Crippen MR) is 98.4 cm³/mol. The molecule has 0 saturated carbocycles. The van der Waals surface area contributed by atoms with Gasteiger partial charge in [0, 0.05) is 30.1 Å². The van der Waals surface area contributed by atoms with Crippen LogP contribution >= 0.6 is 11.3 Å². The van der Waals surface area contributed by atoms with E-state index in [4.69, 9.17) is 4.52 Å². The van der Waals surface area contributed by atoms with Gasteiger partial charge >= 0.3 is 0 Å². The normalized spacial score (nSPS) is 12.0. The fraction of sp³-hybridized carbons (Fsp3) is 0.588. The van der Waals surface area contributed by atoms with Crippen LogP contribution in [-0.4, -0.2) is 23.1 Å². The summed E-state index contributed by atoms with van der Waals surface area (Å²) in [5, 5.41) is 11.8. The highest BCUT2D eigenvalue weighted by atomic mass is 32.1. The van der Waals surface area contributed by atoms with Crippen LogP contribution in [0.5, 0.6) is 0 Å². The number of nitrogens with zero attached hydrogens (tertiary/aromatic N) is 3. The van der Waals surface area contributed by atoms with Crippen LogP contribution in [0.25, 0.3) is 0 Å².